The van der Waals surface area contributed by atoms with Crippen LogP contribution in [0.2, 0.25) is 0 Å². The Morgan fingerprint density at radius 3 is 2.20 bits per heavy atom. The van der Waals surface area contributed by atoms with E-state index < -0.39 is 6.04 Å². The molecule has 2 heterocycles. The summed E-state index contributed by atoms with van der Waals surface area (Å²) in [7, 11) is 0. The van der Waals surface area contributed by atoms with Crippen LogP contribution in [0.4, 0.5) is 0 Å². The molecule has 4 aromatic rings. The Morgan fingerprint density at radius 2 is 1.53 bits per heavy atom. The SMILES string of the molecule is O=C1c2ccccc2C(=O)N1C(CC(=O)n1ccnc1)c1ccc2ccccc2c1. The van der Waals surface area contributed by atoms with Gasteiger partial charge in [0.25, 0.3) is 11.8 Å². The molecule has 2 amide bonds. The lowest BCUT2D eigenvalue weighted by molar-refractivity contribution is 0.0562. The van der Waals surface area contributed by atoms with Crippen molar-refractivity contribution in [3.8, 4) is 0 Å². The van der Waals surface area contributed by atoms with Crippen molar-refractivity contribution in [2.45, 2.75) is 12.5 Å². The molecule has 0 N–H and O–H groups in total. The van der Waals surface area contributed by atoms with E-state index in [1.165, 1.54) is 22.0 Å². The molecule has 1 unspecified atom stereocenters. The van der Waals surface area contributed by atoms with Gasteiger partial charge in [-0.05, 0) is 34.5 Å². The molecule has 0 fully saturated rings. The molecular formula is C24H17N3O3. The standard InChI is InChI=1S/C24H17N3O3/c28-22(26-12-11-25-15-26)14-21(18-10-9-16-5-1-2-6-17(16)13-18)27-23(29)19-7-3-4-8-20(19)24(27)30/h1-13,15,21H,14H2. The summed E-state index contributed by atoms with van der Waals surface area (Å²) < 4.78 is 1.37. The molecule has 146 valence electrons. The zero-order valence-corrected chi connectivity index (χ0v) is 15.9. The van der Waals surface area contributed by atoms with Gasteiger partial charge in [0, 0.05) is 12.4 Å². The summed E-state index contributed by atoms with van der Waals surface area (Å²) in [6.07, 6.45) is 4.45. The molecule has 6 heteroatoms. The lowest BCUT2D eigenvalue weighted by Crippen LogP contribution is -2.36. The van der Waals surface area contributed by atoms with Crippen molar-refractivity contribution >= 4 is 28.5 Å². The maximum atomic E-state index is 13.1. The maximum absolute atomic E-state index is 13.1. The van der Waals surface area contributed by atoms with E-state index >= 15 is 0 Å². The fraction of sp³-hybridized carbons (Fsp3) is 0.0833. The van der Waals surface area contributed by atoms with E-state index in [2.05, 4.69) is 4.98 Å². The van der Waals surface area contributed by atoms with Gasteiger partial charge in [-0.15, -0.1) is 0 Å². The largest absolute Gasteiger partial charge is 0.276 e. The first-order chi connectivity index (χ1) is 14.6. The minimum Gasteiger partial charge on any atom is -0.276 e. The summed E-state index contributed by atoms with van der Waals surface area (Å²) in [5.41, 5.74) is 1.46. The summed E-state index contributed by atoms with van der Waals surface area (Å²) in [6, 6.07) is 19.6. The van der Waals surface area contributed by atoms with Crippen LogP contribution in [0.1, 0.15) is 43.5 Å². The van der Waals surface area contributed by atoms with Gasteiger partial charge in [0.15, 0.2) is 0 Å². The number of hydrogen-bond acceptors (Lipinski definition) is 4. The van der Waals surface area contributed by atoms with Crippen molar-refractivity contribution in [1.29, 1.82) is 0 Å². The summed E-state index contributed by atoms with van der Waals surface area (Å²) in [6.45, 7) is 0. The monoisotopic (exact) mass is 395 g/mol. The predicted molar refractivity (Wildman–Crippen MR) is 111 cm³/mol. The number of fused-ring (bicyclic) bond motifs is 2. The van der Waals surface area contributed by atoms with Crippen LogP contribution >= 0.6 is 0 Å². The number of hydrogen-bond donors (Lipinski definition) is 0. The van der Waals surface area contributed by atoms with Gasteiger partial charge in [0.2, 0.25) is 5.91 Å². The molecule has 0 spiro atoms. The first kappa shape index (κ1) is 18.0. The molecule has 1 aliphatic heterocycles. The number of imide groups is 1. The molecule has 1 aliphatic rings. The highest BCUT2D eigenvalue weighted by Crippen LogP contribution is 2.35. The number of benzene rings is 3. The molecule has 1 atom stereocenters. The van der Waals surface area contributed by atoms with E-state index in [1.54, 1.807) is 30.5 Å². The van der Waals surface area contributed by atoms with Crippen molar-refractivity contribution in [2.75, 3.05) is 0 Å². The van der Waals surface area contributed by atoms with E-state index in [-0.39, 0.29) is 24.1 Å². The van der Waals surface area contributed by atoms with Crippen LogP contribution in [0, 0.1) is 0 Å². The minimum atomic E-state index is -0.725. The fourth-order valence-electron chi connectivity index (χ4n) is 3.94. The summed E-state index contributed by atoms with van der Waals surface area (Å²) in [4.78, 5) is 44.3. The van der Waals surface area contributed by atoms with Gasteiger partial charge in [0.1, 0.15) is 6.33 Å². The van der Waals surface area contributed by atoms with Crippen LogP contribution in [0.25, 0.3) is 10.8 Å². The molecule has 6 nitrogen and oxygen atoms in total. The highest BCUT2D eigenvalue weighted by atomic mass is 16.2. The number of carbonyl (C=O) groups is 3. The third-order valence-electron chi connectivity index (χ3n) is 5.46. The van der Waals surface area contributed by atoms with E-state index in [0.717, 1.165) is 16.3 Å². The first-order valence-electron chi connectivity index (χ1n) is 9.60. The number of amides is 2. The molecule has 0 radical (unpaired) electrons. The second kappa shape index (κ2) is 7.08. The number of imidazole rings is 1. The second-order valence-corrected chi connectivity index (χ2v) is 7.22. The molecule has 0 saturated carbocycles. The Kier molecular flexibility index (Phi) is 4.25. The van der Waals surface area contributed by atoms with E-state index in [9.17, 15) is 14.4 Å². The molecule has 5 rings (SSSR count). The maximum Gasteiger partial charge on any atom is 0.262 e. The van der Waals surface area contributed by atoms with Crippen LogP contribution in [0.5, 0.6) is 0 Å². The molecule has 30 heavy (non-hydrogen) atoms. The molecule has 1 aromatic heterocycles. The fourth-order valence-corrected chi connectivity index (χ4v) is 3.94. The summed E-state index contributed by atoms with van der Waals surface area (Å²) in [5.74, 6) is -1.01. The average molecular weight is 395 g/mol. The smallest absolute Gasteiger partial charge is 0.262 e. The lowest BCUT2D eigenvalue weighted by atomic mass is 9.98. The Hall–Kier alpha value is -4.06. The highest BCUT2D eigenvalue weighted by molar-refractivity contribution is 6.21. The van der Waals surface area contributed by atoms with Crippen molar-refractivity contribution in [1.82, 2.24) is 14.5 Å². The summed E-state index contributed by atoms with van der Waals surface area (Å²) in [5, 5.41) is 2.02. The Balaban J connectivity index is 1.60. The highest BCUT2D eigenvalue weighted by Gasteiger charge is 2.41. The zero-order valence-electron chi connectivity index (χ0n) is 15.9. The second-order valence-electron chi connectivity index (χ2n) is 7.22. The minimum absolute atomic E-state index is 0.0415. The topological polar surface area (TPSA) is 72.3 Å². The first-order valence-corrected chi connectivity index (χ1v) is 9.60. The van der Waals surface area contributed by atoms with E-state index in [1.807, 2.05) is 42.5 Å². The van der Waals surface area contributed by atoms with E-state index in [4.69, 9.17) is 0 Å². The lowest BCUT2D eigenvalue weighted by Gasteiger charge is -2.26. The van der Waals surface area contributed by atoms with E-state index in [0.29, 0.717) is 11.1 Å². The van der Waals surface area contributed by atoms with Gasteiger partial charge in [-0.3, -0.25) is 23.9 Å². The van der Waals surface area contributed by atoms with Crippen LogP contribution in [0.15, 0.2) is 85.5 Å². The number of aromatic nitrogens is 2. The third-order valence-corrected chi connectivity index (χ3v) is 5.46. The van der Waals surface area contributed by atoms with Gasteiger partial charge in [-0.25, -0.2) is 4.98 Å². The molecule has 0 aliphatic carbocycles. The van der Waals surface area contributed by atoms with Crippen LogP contribution in [-0.2, 0) is 0 Å². The molecule has 0 bridgehead atoms. The van der Waals surface area contributed by atoms with Crippen LogP contribution in [0.3, 0.4) is 0 Å². The zero-order chi connectivity index (χ0) is 20.7. The van der Waals surface area contributed by atoms with Crippen LogP contribution in [-0.4, -0.2) is 32.2 Å². The Bertz CT molecular complexity index is 1260. The normalized spacial score (nSPS) is 14.2. The third kappa shape index (κ3) is 2.90. The van der Waals surface area contributed by atoms with Crippen molar-refractivity contribution in [3.05, 3.63) is 102 Å². The number of rotatable bonds is 4. The average Bonchev–Trinajstić information content (AvgIpc) is 3.40. The number of carbonyl (C=O) groups excluding carboxylic acids is 3. The van der Waals surface area contributed by atoms with Crippen molar-refractivity contribution in [2.24, 2.45) is 0 Å². The van der Waals surface area contributed by atoms with Gasteiger partial charge < -0.3 is 0 Å². The van der Waals surface area contributed by atoms with Crippen LogP contribution < -0.4 is 0 Å². The molecular weight excluding hydrogens is 378 g/mol. The Morgan fingerprint density at radius 1 is 0.867 bits per heavy atom. The van der Waals surface area contributed by atoms with Crippen molar-refractivity contribution < 1.29 is 14.4 Å². The predicted octanol–water partition coefficient (Wildman–Crippen LogP) is 4.10. The number of nitrogens with zero attached hydrogens (tertiary/aromatic N) is 3. The quantitative estimate of drug-likeness (QED) is 0.488. The van der Waals surface area contributed by atoms with Gasteiger partial charge in [0.05, 0.1) is 23.6 Å². The van der Waals surface area contributed by atoms with Gasteiger partial charge >= 0.3 is 0 Å². The summed E-state index contributed by atoms with van der Waals surface area (Å²) >= 11 is 0. The van der Waals surface area contributed by atoms with Crippen molar-refractivity contribution in [3.63, 3.8) is 0 Å². The molecule has 3 aromatic carbocycles. The molecule has 0 saturated heterocycles. The van der Waals surface area contributed by atoms with Gasteiger partial charge in [-0.1, -0.05) is 48.5 Å². The Labute approximate surface area is 172 Å². The van der Waals surface area contributed by atoms with Gasteiger partial charge in [-0.2, -0.15) is 0 Å².